The molecule has 0 spiro atoms. The van der Waals surface area contributed by atoms with Crippen molar-refractivity contribution >= 4 is 5.70 Å². The van der Waals surface area contributed by atoms with Crippen molar-refractivity contribution < 1.29 is 8.78 Å². The fourth-order valence-corrected chi connectivity index (χ4v) is 3.00. The second-order valence-corrected chi connectivity index (χ2v) is 7.04. The summed E-state index contributed by atoms with van der Waals surface area (Å²) in [6.45, 7) is 10.9. The molecule has 0 saturated heterocycles. The van der Waals surface area contributed by atoms with Crippen molar-refractivity contribution in [3.05, 3.63) is 64.8 Å². The number of hydrogen-bond donors (Lipinski definition) is 1. The number of hydrogen-bond acceptors (Lipinski definition) is 1. The number of benzene rings is 1. The van der Waals surface area contributed by atoms with Gasteiger partial charge in [0.2, 0.25) is 0 Å². The Labute approximate surface area is 144 Å². The molecule has 0 fully saturated rings. The van der Waals surface area contributed by atoms with Crippen molar-refractivity contribution in [2.24, 2.45) is 5.92 Å². The lowest BCUT2D eigenvalue weighted by Crippen LogP contribution is -2.29. The molecule has 1 nitrogen and oxygen atoms in total. The molecule has 1 atom stereocenters. The Kier molecular flexibility index (Phi) is 5.63. The van der Waals surface area contributed by atoms with Crippen LogP contribution in [-0.4, -0.2) is 6.54 Å². The van der Waals surface area contributed by atoms with Crippen molar-refractivity contribution in [1.29, 1.82) is 0 Å². The molecule has 2 rings (SSSR count). The van der Waals surface area contributed by atoms with Gasteiger partial charge in [-0.2, -0.15) is 0 Å². The standard InChI is InChI=1S/C21H27F2N/c1-6-7-8-15(3)21(4,5)17-12-16(22)13-18(23)20(17)19-11-14(2)9-10-24-19/h7-9,11-13,15,24H,6,10H2,1-5H3/t15-/m0/s1. The highest BCUT2D eigenvalue weighted by Crippen LogP contribution is 2.39. The Bertz CT molecular complexity index is 696. The molecule has 1 N–H and O–H groups in total. The van der Waals surface area contributed by atoms with E-state index in [4.69, 9.17) is 0 Å². The molecule has 1 aromatic carbocycles. The van der Waals surface area contributed by atoms with Gasteiger partial charge in [0.05, 0.1) is 0 Å². The molecule has 0 amide bonds. The lowest BCUT2D eigenvalue weighted by atomic mass is 9.71. The average molecular weight is 331 g/mol. The molecule has 0 unspecified atom stereocenters. The lowest BCUT2D eigenvalue weighted by Gasteiger charge is -2.34. The summed E-state index contributed by atoms with van der Waals surface area (Å²) in [6, 6.07) is 2.45. The minimum absolute atomic E-state index is 0.151. The van der Waals surface area contributed by atoms with Crippen LogP contribution in [-0.2, 0) is 5.41 Å². The van der Waals surface area contributed by atoms with Gasteiger partial charge >= 0.3 is 0 Å². The first-order chi connectivity index (χ1) is 11.3. The van der Waals surface area contributed by atoms with Gasteiger partial charge in [-0.25, -0.2) is 8.78 Å². The molecule has 3 heteroatoms. The third kappa shape index (κ3) is 3.77. The molecule has 0 aromatic heterocycles. The first-order valence-electron chi connectivity index (χ1n) is 8.56. The fraction of sp³-hybridized carbons (Fsp3) is 0.429. The molecule has 0 aliphatic carbocycles. The highest BCUT2D eigenvalue weighted by Gasteiger charge is 2.32. The fourth-order valence-electron chi connectivity index (χ4n) is 3.00. The zero-order chi connectivity index (χ0) is 17.9. The zero-order valence-corrected chi connectivity index (χ0v) is 15.2. The van der Waals surface area contributed by atoms with E-state index in [0.717, 1.165) is 23.8 Å². The van der Waals surface area contributed by atoms with Crippen LogP contribution in [0.25, 0.3) is 5.70 Å². The summed E-state index contributed by atoms with van der Waals surface area (Å²) in [6.07, 6.45) is 9.14. The van der Waals surface area contributed by atoms with Crippen molar-refractivity contribution in [2.45, 2.75) is 46.5 Å². The van der Waals surface area contributed by atoms with E-state index in [0.29, 0.717) is 17.7 Å². The molecule has 1 aliphatic heterocycles. The van der Waals surface area contributed by atoms with Crippen LogP contribution in [0.2, 0.25) is 0 Å². The summed E-state index contributed by atoms with van der Waals surface area (Å²) in [4.78, 5) is 0. The number of dihydropyridines is 1. The molecule has 24 heavy (non-hydrogen) atoms. The summed E-state index contributed by atoms with van der Waals surface area (Å²) in [5.74, 6) is -0.897. The Morgan fingerprint density at radius 2 is 2.00 bits per heavy atom. The Morgan fingerprint density at radius 1 is 1.29 bits per heavy atom. The molecule has 1 heterocycles. The SMILES string of the molecule is CCC=C[C@H](C)C(C)(C)c1cc(F)cc(F)c1C1=CC(C)=CCN1. The summed E-state index contributed by atoms with van der Waals surface area (Å²) >= 11 is 0. The Balaban J connectivity index is 2.61. The summed E-state index contributed by atoms with van der Waals surface area (Å²) < 4.78 is 28.7. The molecular formula is C21H27F2N. The van der Waals surface area contributed by atoms with Crippen LogP contribution in [0.5, 0.6) is 0 Å². The monoisotopic (exact) mass is 331 g/mol. The minimum atomic E-state index is -0.533. The second-order valence-electron chi connectivity index (χ2n) is 7.04. The number of allylic oxidation sites excluding steroid dienone is 4. The van der Waals surface area contributed by atoms with E-state index in [1.54, 1.807) is 0 Å². The van der Waals surface area contributed by atoms with Crippen LogP contribution >= 0.6 is 0 Å². The van der Waals surface area contributed by atoms with Gasteiger partial charge in [-0.05, 0) is 42.4 Å². The molecular weight excluding hydrogens is 304 g/mol. The highest BCUT2D eigenvalue weighted by molar-refractivity contribution is 5.72. The normalized spacial score (nSPS) is 16.6. The maximum Gasteiger partial charge on any atom is 0.135 e. The van der Waals surface area contributed by atoms with Gasteiger partial charge in [-0.3, -0.25) is 0 Å². The third-order valence-electron chi connectivity index (χ3n) is 4.91. The van der Waals surface area contributed by atoms with Gasteiger partial charge in [0.15, 0.2) is 0 Å². The molecule has 0 bridgehead atoms. The third-order valence-corrected chi connectivity index (χ3v) is 4.91. The Hall–Kier alpha value is -1.90. The van der Waals surface area contributed by atoms with Crippen molar-refractivity contribution in [3.8, 4) is 0 Å². The van der Waals surface area contributed by atoms with Gasteiger partial charge < -0.3 is 5.32 Å². The topological polar surface area (TPSA) is 12.0 Å². The van der Waals surface area contributed by atoms with Crippen LogP contribution in [0, 0.1) is 17.6 Å². The molecule has 1 aliphatic rings. The van der Waals surface area contributed by atoms with Crippen LogP contribution < -0.4 is 5.32 Å². The van der Waals surface area contributed by atoms with Gasteiger partial charge in [-0.1, -0.05) is 51.5 Å². The molecule has 0 radical (unpaired) electrons. The highest BCUT2D eigenvalue weighted by atomic mass is 19.1. The first-order valence-corrected chi connectivity index (χ1v) is 8.56. The summed E-state index contributed by atoms with van der Waals surface area (Å²) in [5.41, 5.74) is 2.58. The molecule has 1 aromatic rings. The van der Waals surface area contributed by atoms with Gasteiger partial charge in [0, 0.05) is 23.9 Å². The predicted molar refractivity (Wildman–Crippen MR) is 97.7 cm³/mol. The van der Waals surface area contributed by atoms with Gasteiger partial charge in [-0.15, -0.1) is 0 Å². The zero-order valence-electron chi connectivity index (χ0n) is 15.2. The average Bonchev–Trinajstić information content (AvgIpc) is 2.51. The maximum absolute atomic E-state index is 14.7. The van der Waals surface area contributed by atoms with Crippen molar-refractivity contribution in [1.82, 2.24) is 5.32 Å². The number of halogens is 2. The van der Waals surface area contributed by atoms with Crippen LogP contribution in [0.4, 0.5) is 8.78 Å². The van der Waals surface area contributed by atoms with E-state index in [-0.39, 0.29) is 5.92 Å². The lowest BCUT2D eigenvalue weighted by molar-refractivity contribution is 0.402. The van der Waals surface area contributed by atoms with E-state index in [1.165, 1.54) is 6.07 Å². The van der Waals surface area contributed by atoms with Crippen LogP contribution in [0.15, 0.2) is 42.0 Å². The predicted octanol–water partition coefficient (Wildman–Crippen LogP) is 5.74. The molecule has 130 valence electrons. The quantitative estimate of drug-likeness (QED) is 0.679. The number of rotatable bonds is 5. The van der Waals surface area contributed by atoms with E-state index in [9.17, 15) is 8.78 Å². The smallest absolute Gasteiger partial charge is 0.135 e. The molecule has 0 saturated carbocycles. The minimum Gasteiger partial charge on any atom is -0.381 e. The van der Waals surface area contributed by atoms with Gasteiger partial charge in [0.1, 0.15) is 11.6 Å². The second kappa shape index (κ2) is 7.33. The van der Waals surface area contributed by atoms with Crippen molar-refractivity contribution in [3.63, 3.8) is 0 Å². The van der Waals surface area contributed by atoms with E-state index >= 15 is 0 Å². The first kappa shape index (κ1) is 18.4. The maximum atomic E-state index is 14.7. The van der Waals surface area contributed by atoms with E-state index in [1.807, 2.05) is 32.9 Å². The summed E-state index contributed by atoms with van der Waals surface area (Å²) in [7, 11) is 0. The van der Waals surface area contributed by atoms with E-state index in [2.05, 4.69) is 31.3 Å². The van der Waals surface area contributed by atoms with E-state index < -0.39 is 17.0 Å². The Morgan fingerprint density at radius 3 is 2.62 bits per heavy atom. The van der Waals surface area contributed by atoms with Gasteiger partial charge in [0.25, 0.3) is 0 Å². The summed E-state index contributed by atoms with van der Waals surface area (Å²) in [5, 5.41) is 3.22. The van der Waals surface area contributed by atoms with Crippen LogP contribution in [0.1, 0.15) is 52.2 Å². The number of nitrogens with one attached hydrogen (secondary N) is 1. The van der Waals surface area contributed by atoms with Crippen LogP contribution in [0.3, 0.4) is 0 Å². The largest absolute Gasteiger partial charge is 0.381 e. The van der Waals surface area contributed by atoms with Crippen molar-refractivity contribution in [2.75, 3.05) is 6.54 Å².